The standard InChI is InChI=1S/C15H17N3O2/c1-20-15(19)12-7-8-18-14(10-12)16-13(17-18)9-11-5-3-2-4-6-11/h2-6,12H,7-10H2,1H3. The summed E-state index contributed by atoms with van der Waals surface area (Å²) in [6.45, 7) is 0.733. The van der Waals surface area contributed by atoms with Crippen LogP contribution in [0.2, 0.25) is 0 Å². The van der Waals surface area contributed by atoms with Crippen molar-refractivity contribution in [2.45, 2.75) is 25.8 Å². The van der Waals surface area contributed by atoms with E-state index in [1.54, 1.807) is 0 Å². The Bertz CT molecular complexity index is 607. The molecule has 0 bridgehead atoms. The molecule has 20 heavy (non-hydrogen) atoms. The fourth-order valence-electron chi connectivity index (χ4n) is 2.58. The number of rotatable bonds is 3. The third-order valence-corrected chi connectivity index (χ3v) is 3.65. The summed E-state index contributed by atoms with van der Waals surface area (Å²) in [5.74, 6) is 1.47. The highest BCUT2D eigenvalue weighted by atomic mass is 16.5. The summed E-state index contributed by atoms with van der Waals surface area (Å²) in [5.41, 5.74) is 1.19. The molecule has 0 amide bonds. The number of carbonyl (C=O) groups excluding carboxylic acids is 1. The van der Waals surface area contributed by atoms with E-state index < -0.39 is 0 Å². The monoisotopic (exact) mass is 271 g/mol. The fourth-order valence-corrected chi connectivity index (χ4v) is 2.58. The van der Waals surface area contributed by atoms with E-state index in [1.165, 1.54) is 12.7 Å². The van der Waals surface area contributed by atoms with Crippen LogP contribution in [0.25, 0.3) is 0 Å². The van der Waals surface area contributed by atoms with Gasteiger partial charge in [0.15, 0.2) is 5.82 Å². The highest BCUT2D eigenvalue weighted by molar-refractivity contribution is 5.72. The fraction of sp³-hybridized carbons (Fsp3) is 0.400. The van der Waals surface area contributed by atoms with E-state index in [4.69, 9.17) is 4.74 Å². The van der Waals surface area contributed by atoms with Crippen molar-refractivity contribution in [1.29, 1.82) is 0 Å². The molecular weight excluding hydrogens is 254 g/mol. The van der Waals surface area contributed by atoms with Gasteiger partial charge in [-0.1, -0.05) is 30.3 Å². The Hall–Kier alpha value is -2.17. The molecular formula is C15H17N3O2. The molecule has 5 nitrogen and oxygen atoms in total. The predicted molar refractivity (Wildman–Crippen MR) is 73.1 cm³/mol. The third-order valence-electron chi connectivity index (χ3n) is 3.65. The molecule has 0 saturated carbocycles. The van der Waals surface area contributed by atoms with Crippen LogP contribution in [-0.4, -0.2) is 27.8 Å². The second-order valence-electron chi connectivity index (χ2n) is 5.04. The Balaban J connectivity index is 1.75. The van der Waals surface area contributed by atoms with Gasteiger partial charge in [-0.25, -0.2) is 9.67 Å². The molecule has 1 aliphatic rings. The number of methoxy groups -OCH3 is 1. The van der Waals surface area contributed by atoms with Crippen molar-refractivity contribution in [2.75, 3.05) is 7.11 Å². The van der Waals surface area contributed by atoms with E-state index in [0.29, 0.717) is 6.42 Å². The molecule has 0 spiro atoms. The Kier molecular flexibility index (Phi) is 3.50. The quantitative estimate of drug-likeness (QED) is 0.796. The van der Waals surface area contributed by atoms with Gasteiger partial charge in [0.05, 0.1) is 13.0 Å². The van der Waals surface area contributed by atoms with Crippen molar-refractivity contribution in [3.05, 3.63) is 47.5 Å². The normalized spacial score (nSPS) is 17.6. The van der Waals surface area contributed by atoms with Gasteiger partial charge in [-0.2, -0.15) is 5.10 Å². The number of benzene rings is 1. The van der Waals surface area contributed by atoms with Crippen molar-refractivity contribution < 1.29 is 9.53 Å². The Morgan fingerprint density at radius 1 is 1.40 bits per heavy atom. The number of aromatic nitrogens is 3. The van der Waals surface area contributed by atoms with Gasteiger partial charge in [0.25, 0.3) is 0 Å². The lowest BCUT2D eigenvalue weighted by Gasteiger charge is -2.19. The smallest absolute Gasteiger partial charge is 0.309 e. The maximum absolute atomic E-state index is 11.6. The number of hydrogen-bond acceptors (Lipinski definition) is 4. The van der Waals surface area contributed by atoms with Gasteiger partial charge in [0, 0.05) is 19.4 Å². The minimum Gasteiger partial charge on any atom is -0.469 e. The SMILES string of the molecule is COC(=O)C1CCn2nc(Cc3ccccc3)nc2C1. The van der Waals surface area contributed by atoms with Gasteiger partial charge in [-0.15, -0.1) is 0 Å². The van der Waals surface area contributed by atoms with E-state index in [9.17, 15) is 4.79 Å². The zero-order valence-corrected chi connectivity index (χ0v) is 11.5. The molecule has 0 radical (unpaired) electrons. The number of nitrogens with zero attached hydrogens (tertiary/aromatic N) is 3. The first-order chi connectivity index (χ1) is 9.76. The highest BCUT2D eigenvalue weighted by Crippen LogP contribution is 2.20. The van der Waals surface area contributed by atoms with Crippen molar-refractivity contribution in [2.24, 2.45) is 5.92 Å². The lowest BCUT2D eigenvalue weighted by molar-refractivity contribution is -0.146. The first-order valence-corrected chi connectivity index (χ1v) is 6.80. The summed E-state index contributed by atoms with van der Waals surface area (Å²) in [4.78, 5) is 16.2. The van der Waals surface area contributed by atoms with Crippen molar-refractivity contribution in [1.82, 2.24) is 14.8 Å². The van der Waals surface area contributed by atoms with Crippen LogP contribution in [0.4, 0.5) is 0 Å². The van der Waals surface area contributed by atoms with Crippen LogP contribution in [0.15, 0.2) is 30.3 Å². The highest BCUT2D eigenvalue weighted by Gasteiger charge is 2.27. The molecule has 1 aromatic carbocycles. The Morgan fingerprint density at radius 2 is 2.20 bits per heavy atom. The molecule has 2 aromatic rings. The van der Waals surface area contributed by atoms with Crippen LogP contribution in [0.3, 0.4) is 0 Å². The molecule has 0 saturated heterocycles. The number of esters is 1. The zero-order chi connectivity index (χ0) is 13.9. The summed E-state index contributed by atoms with van der Waals surface area (Å²) in [7, 11) is 1.43. The maximum atomic E-state index is 11.6. The second-order valence-corrected chi connectivity index (χ2v) is 5.04. The number of aryl methyl sites for hydroxylation is 1. The lowest BCUT2D eigenvalue weighted by Crippen LogP contribution is -2.27. The van der Waals surface area contributed by atoms with Gasteiger partial charge < -0.3 is 4.74 Å². The summed E-state index contributed by atoms with van der Waals surface area (Å²) in [6, 6.07) is 10.2. The van der Waals surface area contributed by atoms with E-state index in [1.807, 2.05) is 22.9 Å². The summed E-state index contributed by atoms with van der Waals surface area (Å²) in [5, 5.41) is 4.52. The van der Waals surface area contributed by atoms with Crippen LogP contribution in [0.1, 0.15) is 23.6 Å². The van der Waals surface area contributed by atoms with Crippen LogP contribution in [0, 0.1) is 5.92 Å². The first kappa shape index (κ1) is 12.8. The van der Waals surface area contributed by atoms with Crippen molar-refractivity contribution in [3.8, 4) is 0 Å². The number of hydrogen-bond donors (Lipinski definition) is 0. The summed E-state index contributed by atoms with van der Waals surface area (Å²) in [6.07, 6.45) is 2.12. The van der Waals surface area contributed by atoms with Gasteiger partial charge in [-0.3, -0.25) is 4.79 Å². The molecule has 5 heteroatoms. The molecule has 0 aliphatic carbocycles. The lowest BCUT2D eigenvalue weighted by atomic mass is 9.98. The molecule has 2 heterocycles. The number of fused-ring (bicyclic) bond motifs is 1. The second kappa shape index (κ2) is 5.45. The molecule has 104 valence electrons. The zero-order valence-electron chi connectivity index (χ0n) is 11.5. The van der Waals surface area contributed by atoms with Crippen LogP contribution >= 0.6 is 0 Å². The molecule has 1 aromatic heterocycles. The predicted octanol–water partition coefficient (Wildman–Crippen LogP) is 1.60. The largest absolute Gasteiger partial charge is 0.469 e. The number of carbonyl (C=O) groups is 1. The summed E-state index contributed by atoms with van der Waals surface area (Å²) < 4.78 is 6.73. The minimum atomic E-state index is -0.149. The summed E-state index contributed by atoms with van der Waals surface area (Å²) >= 11 is 0. The van der Waals surface area contributed by atoms with E-state index in [2.05, 4.69) is 22.2 Å². The topological polar surface area (TPSA) is 57.0 Å². The molecule has 1 atom stereocenters. The van der Waals surface area contributed by atoms with Crippen molar-refractivity contribution in [3.63, 3.8) is 0 Å². The molecule has 0 fully saturated rings. The average Bonchev–Trinajstić information content (AvgIpc) is 2.88. The van der Waals surface area contributed by atoms with Crippen LogP contribution < -0.4 is 0 Å². The van der Waals surface area contributed by atoms with E-state index in [-0.39, 0.29) is 11.9 Å². The average molecular weight is 271 g/mol. The van der Waals surface area contributed by atoms with Gasteiger partial charge >= 0.3 is 5.97 Å². The Labute approximate surface area is 117 Å². The minimum absolute atomic E-state index is 0.0822. The molecule has 1 unspecified atom stereocenters. The van der Waals surface area contributed by atoms with Crippen LogP contribution in [-0.2, 0) is 28.9 Å². The van der Waals surface area contributed by atoms with Gasteiger partial charge in [-0.05, 0) is 12.0 Å². The Morgan fingerprint density at radius 3 is 2.95 bits per heavy atom. The maximum Gasteiger partial charge on any atom is 0.309 e. The van der Waals surface area contributed by atoms with E-state index in [0.717, 1.165) is 31.0 Å². The molecule has 0 N–H and O–H groups in total. The molecule has 3 rings (SSSR count). The van der Waals surface area contributed by atoms with Gasteiger partial charge in [0.2, 0.25) is 0 Å². The van der Waals surface area contributed by atoms with Crippen molar-refractivity contribution >= 4 is 5.97 Å². The third kappa shape index (κ3) is 2.57. The first-order valence-electron chi connectivity index (χ1n) is 6.80. The number of ether oxygens (including phenoxy) is 1. The van der Waals surface area contributed by atoms with Crippen LogP contribution in [0.5, 0.6) is 0 Å². The van der Waals surface area contributed by atoms with Gasteiger partial charge in [0.1, 0.15) is 5.82 Å². The molecule has 1 aliphatic heterocycles. The van der Waals surface area contributed by atoms with E-state index >= 15 is 0 Å².